The first-order valence-electron chi connectivity index (χ1n) is 7.37. The molecule has 1 aromatic rings. The number of H-pyrrole nitrogens is 1. The van der Waals surface area contributed by atoms with Crippen LogP contribution in [0.15, 0.2) is 18.5 Å². The third-order valence-electron chi connectivity index (χ3n) is 4.71. The Hall–Kier alpha value is -1.49. The highest BCUT2D eigenvalue weighted by Crippen LogP contribution is 2.48. The van der Waals surface area contributed by atoms with E-state index in [1.165, 1.54) is 0 Å². The molecule has 2 heterocycles. The number of aldehydes is 1. The van der Waals surface area contributed by atoms with Gasteiger partial charge in [0.15, 0.2) is 6.29 Å². The normalized spacial score (nSPS) is 20.7. The molecule has 0 unspecified atom stereocenters. The minimum Gasteiger partial charge on any atom is -0.425 e. The summed E-state index contributed by atoms with van der Waals surface area (Å²) in [6.07, 6.45) is 5.65. The van der Waals surface area contributed by atoms with Gasteiger partial charge in [-0.3, -0.25) is 4.79 Å². The highest BCUT2D eigenvalue weighted by atomic mass is 16.5. The smallest absolute Gasteiger partial charge is 0.330 e. The van der Waals surface area contributed by atoms with Gasteiger partial charge in [-0.05, 0) is 43.3 Å². The standard InChI is InChI=1S/C16H25BN2O2/c1-15(2)11-17(21-16(15,3)4)13(9-19(5)6)12-7-8-18-14(12)10-20/h7-10,18H,11H2,1-6H3/b13-9+. The lowest BCUT2D eigenvalue weighted by Gasteiger charge is -2.34. The van der Waals surface area contributed by atoms with Gasteiger partial charge in [0.25, 0.3) is 0 Å². The van der Waals surface area contributed by atoms with Crippen molar-refractivity contribution in [3.8, 4) is 0 Å². The third kappa shape index (κ3) is 2.93. The number of hydrogen-bond donors (Lipinski definition) is 1. The Balaban J connectivity index is 2.43. The van der Waals surface area contributed by atoms with Gasteiger partial charge in [-0.1, -0.05) is 13.8 Å². The third-order valence-corrected chi connectivity index (χ3v) is 4.71. The van der Waals surface area contributed by atoms with Crippen molar-refractivity contribution in [2.75, 3.05) is 14.1 Å². The van der Waals surface area contributed by atoms with Crippen molar-refractivity contribution in [1.82, 2.24) is 9.88 Å². The first kappa shape index (κ1) is 15.9. The van der Waals surface area contributed by atoms with E-state index in [1.54, 1.807) is 6.20 Å². The second-order valence-corrected chi connectivity index (χ2v) is 7.18. The molecule has 1 aliphatic rings. The van der Waals surface area contributed by atoms with E-state index in [0.717, 1.165) is 23.6 Å². The van der Waals surface area contributed by atoms with Crippen molar-refractivity contribution in [3.63, 3.8) is 0 Å². The van der Waals surface area contributed by atoms with Crippen molar-refractivity contribution < 1.29 is 9.45 Å². The molecule has 21 heavy (non-hydrogen) atoms. The maximum absolute atomic E-state index is 11.2. The first-order valence-corrected chi connectivity index (χ1v) is 7.37. The van der Waals surface area contributed by atoms with Gasteiger partial charge in [-0.2, -0.15) is 0 Å². The summed E-state index contributed by atoms with van der Waals surface area (Å²) in [5.41, 5.74) is 2.48. The highest BCUT2D eigenvalue weighted by Gasteiger charge is 2.50. The molecule has 0 aromatic carbocycles. The number of rotatable bonds is 4. The lowest BCUT2D eigenvalue weighted by molar-refractivity contribution is 0.0376. The molecular formula is C16H25BN2O2. The summed E-state index contributed by atoms with van der Waals surface area (Å²) < 4.78 is 6.33. The predicted octanol–water partition coefficient (Wildman–Crippen LogP) is 3.10. The minimum absolute atomic E-state index is 0.00750. The summed E-state index contributed by atoms with van der Waals surface area (Å²) in [5, 5.41) is 0. The zero-order valence-corrected chi connectivity index (χ0v) is 13.9. The summed E-state index contributed by atoms with van der Waals surface area (Å²) in [4.78, 5) is 16.2. The molecule has 4 nitrogen and oxygen atoms in total. The summed E-state index contributed by atoms with van der Waals surface area (Å²) in [6.45, 7) is 8.73. The van der Waals surface area contributed by atoms with Gasteiger partial charge in [-0.25, -0.2) is 0 Å². The van der Waals surface area contributed by atoms with E-state index in [9.17, 15) is 4.79 Å². The van der Waals surface area contributed by atoms with E-state index in [0.29, 0.717) is 5.69 Å². The molecule has 0 atom stereocenters. The Morgan fingerprint density at radius 2 is 2.05 bits per heavy atom. The summed E-state index contributed by atoms with van der Waals surface area (Å²) >= 11 is 0. The van der Waals surface area contributed by atoms with Crippen LogP contribution in [-0.2, 0) is 4.65 Å². The molecule has 1 saturated heterocycles. The maximum atomic E-state index is 11.2. The Morgan fingerprint density at radius 3 is 2.52 bits per heavy atom. The zero-order valence-electron chi connectivity index (χ0n) is 13.9. The predicted molar refractivity (Wildman–Crippen MR) is 87.4 cm³/mol. The van der Waals surface area contributed by atoms with Crippen LogP contribution in [0, 0.1) is 5.41 Å². The Morgan fingerprint density at radius 1 is 1.38 bits per heavy atom. The van der Waals surface area contributed by atoms with E-state index >= 15 is 0 Å². The number of carbonyl (C=O) groups excluding carboxylic acids is 1. The molecule has 0 radical (unpaired) electrons. The van der Waals surface area contributed by atoms with E-state index in [1.807, 2.05) is 25.1 Å². The minimum atomic E-state index is -0.194. The maximum Gasteiger partial charge on any atom is 0.330 e. The van der Waals surface area contributed by atoms with Crippen LogP contribution < -0.4 is 0 Å². The second-order valence-electron chi connectivity index (χ2n) is 7.18. The fourth-order valence-corrected chi connectivity index (χ4v) is 2.78. The highest BCUT2D eigenvalue weighted by molar-refractivity contribution is 6.74. The average molecular weight is 288 g/mol. The second kappa shape index (κ2) is 5.37. The molecule has 1 N–H and O–H groups in total. The molecule has 1 aliphatic heterocycles. The number of aromatic nitrogens is 1. The van der Waals surface area contributed by atoms with E-state index in [-0.39, 0.29) is 17.9 Å². The largest absolute Gasteiger partial charge is 0.425 e. The number of nitrogens with one attached hydrogen (secondary N) is 1. The van der Waals surface area contributed by atoms with Crippen molar-refractivity contribution in [3.05, 3.63) is 29.7 Å². The first-order chi connectivity index (χ1) is 9.68. The van der Waals surface area contributed by atoms with Gasteiger partial charge in [0.05, 0.1) is 11.3 Å². The Kier molecular flexibility index (Phi) is 4.07. The van der Waals surface area contributed by atoms with Crippen LogP contribution in [0.4, 0.5) is 0 Å². The Labute approximate surface area is 127 Å². The lowest BCUT2D eigenvalue weighted by Crippen LogP contribution is -2.34. The fraction of sp³-hybridized carbons (Fsp3) is 0.562. The number of hydrogen-bond acceptors (Lipinski definition) is 3. The Bertz CT molecular complexity index is 542. The van der Waals surface area contributed by atoms with Gasteiger partial charge < -0.3 is 14.5 Å². The molecule has 114 valence electrons. The molecule has 0 saturated carbocycles. The van der Waals surface area contributed by atoms with E-state index in [2.05, 4.69) is 38.9 Å². The number of nitrogens with zero attached hydrogens (tertiary/aromatic N) is 1. The molecular weight excluding hydrogens is 263 g/mol. The van der Waals surface area contributed by atoms with Gasteiger partial charge in [-0.15, -0.1) is 0 Å². The molecule has 2 rings (SSSR count). The summed E-state index contributed by atoms with van der Waals surface area (Å²) in [5.74, 6) is 0. The van der Waals surface area contributed by atoms with Gasteiger partial charge in [0.2, 0.25) is 0 Å². The molecule has 0 bridgehead atoms. The lowest BCUT2D eigenvalue weighted by atomic mass is 9.52. The molecule has 0 amide bonds. The monoisotopic (exact) mass is 288 g/mol. The average Bonchev–Trinajstić information content (AvgIpc) is 2.89. The van der Waals surface area contributed by atoms with Crippen molar-refractivity contribution in [1.29, 1.82) is 0 Å². The van der Waals surface area contributed by atoms with E-state index < -0.39 is 0 Å². The molecule has 1 aromatic heterocycles. The van der Waals surface area contributed by atoms with Crippen LogP contribution in [0.5, 0.6) is 0 Å². The fourth-order valence-electron chi connectivity index (χ4n) is 2.78. The van der Waals surface area contributed by atoms with Crippen molar-refractivity contribution in [2.45, 2.75) is 39.6 Å². The van der Waals surface area contributed by atoms with Gasteiger partial charge in [0, 0.05) is 25.9 Å². The van der Waals surface area contributed by atoms with Gasteiger partial charge >= 0.3 is 6.92 Å². The van der Waals surface area contributed by atoms with Crippen molar-refractivity contribution >= 4 is 18.7 Å². The quantitative estimate of drug-likeness (QED) is 0.684. The number of aromatic amines is 1. The SMILES string of the molecule is CN(C)/C=C(/B1CC(C)(C)C(C)(C)O1)c1cc[nH]c1C=O. The van der Waals surface area contributed by atoms with Crippen LogP contribution in [0.25, 0.3) is 5.47 Å². The zero-order chi connectivity index (χ0) is 15.8. The van der Waals surface area contributed by atoms with E-state index in [4.69, 9.17) is 4.65 Å². The van der Waals surface area contributed by atoms with Crippen LogP contribution >= 0.6 is 0 Å². The molecule has 0 spiro atoms. The molecule has 1 fully saturated rings. The van der Waals surface area contributed by atoms with Crippen LogP contribution in [-0.4, -0.2) is 42.8 Å². The summed E-state index contributed by atoms with van der Waals surface area (Å²) in [6, 6.07) is 1.95. The molecule has 5 heteroatoms. The number of carbonyl (C=O) groups is 1. The summed E-state index contributed by atoms with van der Waals surface area (Å²) in [7, 11) is 3.97. The van der Waals surface area contributed by atoms with Crippen LogP contribution in [0.2, 0.25) is 6.32 Å². The van der Waals surface area contributed by atoms with Crippen LogP contribution in [0.3, 0.4) is 0 Å². The topological polar surface area (TPSA) is 45.3 Å². The van der Waals surface area contributed by atoms with Gasteiger partial charge in [0.1, 0.15) is 0 Å². The van der Waals surface area contributed by atoms with Crippen molar-refractivity contribution in [2.24, 2.45) is 5.41 Å². The van der Waals surface area contributed by atoms with Crippen LogP contribution in [0.1, 0.15) is 43.7 Å². The molecule has 0 aliphatic carbocycles.